The highest BCUT2D eigenvalue weighted by molar-refractivity contribution is 5.97. The number of fused-ring (bicyclic) bond motifs is 19. The summed E-state index contributed by atoms with van der Waals surface area (Å²) in [6.45, 7) is 14.0. The van der Waals surface area contributed by atoms with Crippen molar-refractivity contribution >= 4 is 17.1 Å². The summed E-state index contributed by atoms with van der Waals surface area (Å²) in [5, 5.41) is 0. The van der Waals surface area contributed by atoms with Gasteiger partial charge in [0.25, 0.3) is 0 Å². The van der Waals surface area contributed by atoms with Crippen molar-refractivity contribution in [2.24, 2.45) is 0 Å². The number of anilines is 3. The van der Waals surface area contributed by atoms with E-state index in [9.17, 15) is 0 Å². The normalized spacial score (nSPS) is 14.6. The zero-order valence-corrected chi connectivity index (χ0v) is 41.7. The minimum absolute atomic E-state index is 0.0649. The molecule has 0 N–H and O–H groups in total. The first-order chi connectivity index (χ1) is 35.0. The Morgan fingerprint density at radius 1 is 0.319 bits per heavy atom. The van der Waals surface area contributed by atoms with Crippen LogP contribution in [0.25, 0.3) is 44.5 Å². The van der Waals surface area contributed by atoms with Gasteiger partial charge in [-0.2, -0.15) is 0 Å². The molecule has 346 valence electrons. The molecule has 2 heteroatoms. The maximum atomic E-state index is 7.53. The van der Waals surface area contributed by atoms with Crippen LogP contribution in [-0.4, -0.2) is 0 Å². The van der Waals surface area contributed by atoms with Gasteiger partial charge in [0.1, 0.15) is 5.75 Å². The summed E-state index contributed by atoms with van der Waals surface area (Å²) in [5.41, 5.74) is 24.7. The molecular weight excluding hydrogens is 871 g/mol. The predicted octanol–water partition coefficient (Wildman–Crippen LogP) is 18.2. The molecule has 0 saturated heterocycles. The van der Waals surface area contributed by atoms with Crippen LogP contribution in [0.15, 0.2) is 224 Å². The van der Waals surface area contributed by atoms with Crippen molar-refractivity contribution in [3.05, 3.63) is 280 Å². The molecule has 3 aliphatic carbocycles. The lowest BCUT2D eigenvalue weighted by Crippen LogP contribution is -2.33. The molecule has 0 radical (unpaired) electrons. The van der Waals surface area contributed by atoms with Crippen molar-refractivity contribution in [2.45, 2.75) is 63.2 Å². The topological polar surface area (TPSA) is 12.5 Å². The Morgan fingerprint density at radius 3 is 1.29 bits per heavy atom. The second-order valence-corrected chi connectivity index (χ2v) is 22.4. The van der Waals surface area contributed by atoms with Crippen LogP contribution in [0.4, 0.5) is 17.1 Å². The molecule has 0 atom stereocenters. The molecule has 14 rings (SSSR count). The first kappa shape index (κ1) is 42.7. The Bertz CT molecular complexity index is 3730. The van der Waals surface area contributed by atoms with Crippen molar-refractivity contribution < 1.29 is 4.74 Å². The summed E-state index contributed by atoms with van der Waals surface area (Å²) in [4.78, 5) is 2.47. The van der Waals surface area contributed by atoms with E-state index in [4.69, 9.17) is 4.74 Å². The highest BCUT2D eigenvalue weighted by Crippen LogP contribution is 2.66. The fourth-order valence-electron chi connectivity index (χ4n) is 13.1. The van der Waals surface area contributed by atoms with E-state index in [2.05, 4.69) is 271 Å². The maximum Gasteiger partial charge on any atom is 0.156 e. The van der Waals surface area contributed by atoms with Gasteiger partial charge >= 0.3 is 0 Å². The zero-order chi connectivity index (χ0) is 48.7. The van der Waals surface area contributed by atoms with E-state index in [1.807, 2.05) is 0 Å². The number of ether oxygens (including phenoxy) is 1. The lowest BCUT2D eigenvalue weighted by Gasteiger charge is -2.42. The molecule has 0 saturated carbocycles. The van der Waals surface area contributed by atoms with Crippen LogP contribution in [0.1, 0.15) is 97.2 Å². The van der Waals surface area contributed by atoms with Crippen molar-refractivity contribution in [2.75, 3.05) is 4.90 Å². The van der Waals surface area contributed by atoms with E-state index < -0.39 is 10.8 Å². The van der Waals surface area contributed by atoms with E-state index in [0.29, 0.717) is 0 Å². The fourth-order valence-corrected chi connectivity index (χ4v) is 13.1. The molecular formula is C70H55NO. The molecule has 4 aliphatic rings. The van der Waals surface area contributed by atoms with Gasteiger partial charge in [0.15, 0.2) is 5.75 Å². The van der Waals surface area contributed by atoms with E-state index >= 15 is 0 Å². The Hall–Kier alpha value is -8.20. The van der Waals surface area contributed by atoms with E-state index in [0.717, 1.165) is 34.1 Å². The maximum absolute atomic E-state index is 7.53. The first-order valence-electron chi connectivity index (χ1n) is 25.6. The van der Waals surface area contributed by atoms with Gasteiger partial charge in [0, 0.05) is 22.5 Å². The SMILES string of the molecule is CC(C)(C)c1ccc2c(c1)C1(c3ccccc3Oc3c(N(c4ccc(-c5ccccc5)cc4)c4ccc5c(c4)C4(c6ccccc6-c6ccccc64)c4ccccc4-5)cccc31)c1cc(C(C)(C)C)ccc1-2. The van der Waals surface area contributed by atoms with E-state index in [1.54, 1.807) is 0 Å². The van der Waals surface area contributed by atoms with Crippen LogP contribution in [0.3, 0.4) is 0 Å². The molecule has 0 bridgehead atoms. The highest BCUT2D eigenvalue weighted by Gasteiger charge is 2.54. The Morgan fingerprint density at radius 2 is 0.736 bits per heavy atom. The molecule has 0 fully saturated rings. The molecule has 1 heterocycles. The lowest BCUT2D eigenvalue weighted by molar-refractivity contribution is 0.437. The van der Waals surface area contributed by atoms with Gasteiger partial charge in [-0.3, -0.25) is 0 Å². The number of para-hydroxylation sites is 2. The van der Waals surface area contributed by atoms with Gasteiger partial charge in [0.2, 0.25) is 0 Å². The molecule has 10 aromatic carbocycles. The average molecular weight is 926 g/mol. The summed E-state index contributed by atoms with van der Waals surface area (Å²) in [6.07, 6.45) is 0. The average Bonchev–Trinajstić information content (AvgIpc) is 4.00. The molecule has 0 amide bonds. The molecule has 72 heavy (non-hydrogen) atoms. The minimum atomic E-state index is -0.670. The predicted molar refractivity (Wildman–Crippen MR) is 298 cm³/mol. The van der Waals surface area contributed by atoms with Gasteiger partial charge in [-0.05, 0) is 136 Å². The van der Waals surface area contributed by atoms with E-state index in [-0.39, 0.29) is 10.8 Å². The number of benzene rings is 10. The second-order valence-electron chi connectivity index (χ2n) is 22.4. The second kappa shape index (κ2) is 15.2. The number of hydrogen-bond donors (Lipinski definition) is 0. The Kier molecular flexibility index (Phi) is 8.98. The lowest BCUT2D eigenvalue weighted by atomic mass is 9.64. The van der Waals surface area contributed by atoms with Gasteiger partial charge in [-0.1, -0.05) is 230 Å². The third kappa shape index (κ3) is 5.78. The van der Waals surface area contributed by atoms with Crippen LogP contribution >= 0.6 is 0 Å². The quantitative estimate of drug-likeness (QED) is 0.174. The molecule has 0 aromatic heterocycles. The molecule has 10 aromatic rings. The first-order valence-corrected chi connectivity index (χ1v) is 25.6. The van der Waals surface area contributed by atoms with Crippen LogP contribution < -0.4 is 9.64 Å². The Labute approximate surface area is 423 Å². The van der Waals surface area contributed by atoms with Gasteiger partial charge < -0.3 is 9.64 Å². The largest absolute Gasteiger partial charge is 0.454 e. The summed E-state index contributed by atoms with van der Waals surface area (Å²) >= 11 is 0. The summed E-state index contributed by atoms with van der Waals surface area (Å²) < 4.78 is 7.53. The van der Waals surface area contributed by atoms with Crippen molar-refractivity contribution in [1.29, 1.82) is 0 Å². The Balaban J connectivity index is 1.06. The molecule has 2 nitrogen and oxygen atoms in total. The standard InChI is InChI=1S/C70H55NO/c1-67(2,3)46-33-38-53-54-39-34-47(68(4,5)6)42-62(54)70(61(53)41-46)59-27-16-17-30-65(59)72-66-60(70)28-18-29-64(66)71(48-35-31-45(32-36-48)44-19-8-7-9-20-44)49-37-40-55-52-23-12-15-26-58(52)69(63(55)43-49)56-24-13-10-21-50(56)51-22-11-14-25-57(51)69/h7-43H,1-6H3. The number of nitrogens with zero attached hydrogens (tertiary/aromatic N) is 1. The summed E-state index contributed by atoms with van der Waals surface area (Å²) in [5.74, 6) is 1.74. The van der Waals surface area contributed by atoms with E-state index in [1.165, 1.54) is 94.6 Å². The monoisotopic (exact) mass is 925 g/mol. The van der Waals surface area contributed by atoms with Gasteiger partial charge in [0.05, 0.1) is 16.5 Å². The molecule has 0 unspecified atom stereocenters. The van der Waals surface area contributed by atoms with Gasteiger partial charge in [-0.25, -0.2) is 0 Å². The fraction of sp³-hybridized carbons (Fsp3) is 0.143. The molecule has 1 aliphatic heterocycles. The van der Waals surface area contributed by atoms with Crippen LogP contribution in [0, 0.1) is 0 Å². The third-order valence-corrected chi connectivity index (χ3v) is 16.5. The minimum Gasteiger partial charge on any atom is -0.454 e. The number of rotatable bonds is 4. The summed E-state index contributed by atoms with van der Waals surface area (Å²) in [7, 11) is 0. The van der Waals surface area contributed by atoms with Crippen LogP contribution in [0.5, 0.6) is 11.5 Å². The van der Waals surface area contributed by atoms with Gasteiger partial charge in [-0.15, -0.1) is 0 Å². The van der Waals surface area contributed by atoms with Crippen molar-refractivity contribution in [1.82, 2.24) is 0 Å². The smallest absolute Gasteiger partial charge is 0.156 e. The molecule has 2 spiro atoms. The third-order valence-electron chi connectivity index (χ3n) is 16.5. The van der Waals surface area contributed by atoms with Crippen molar-refractivity contribution in [3.63, 3.8) is 0 Å². The number of hydrogen-bond acceptors (Lipinski definition) is 2. The zero-order valence-electron chi connectivity index (χ0n) is 41.7. The van der Waals surface area contributed by atoms with Crippen LogP contribution in [0.2, 0.25) is 0 Å². The summed E-state index contributed by atoms with van der Waals surface area (Å²) in [6, 6.07) is 84.5. The van der Waals surface area contributed by atoms with Crippen LogP contribution in [-0.2, 0) is 21.7 Å². The van der Waals surface area contributed by atoms with Crippen molar-refractivity contribution in [3.8, 4) is 56.0 Å². The highest BCUT2D eigenvalue weighted by atomic mass is 16.5.